The van der Waals surface area contributed by atoms with Crippen molar-refractivity contribution in [1.82, 2.24) is 0 Å². The predicted octanol–water partition coefficient (Wildman–Crippen LogP) is 16.9. The summed E-state index contributed by atoms with van der Waals surface area (Å²) >= 11 is 0. The average molecular weight is 843 g/mol. The van der Waals surface area contributed by atoms with Gasteiger partial charge in [0.05, 0.1) is 0 Å². The van der Waals surface area contributed by atoms with Crippen LogP contribution in [-0.4, -0.2) is 37.2 Å². The third kappa shape index (κ3) is 46.7. The Morgan fingerprint density at radius 2 is 0.617 bits per heavy atom. The van der Waals surface area contributed by atoms with E-state index in [1.165, 1.54) is 161 Å². The van der Waals surface area contributed by atoms with Gasteiger partial charge in [-0.15, -0.1) is 0 Å². The van der Waals surface area contributed by atoms with Crippen molar-refractivity contribution in [3.8, 4) is 0 Å². The first-order valence-electron chi connectivity index (χ1n) is 26.0. The maximum atomic E-state index is 12.8. The average Bonchev–Trinajstić information content (AvgIpc) is 3.24. The lowest BCUT2D eigenvalue weighted by Gasteiger charge is -2.18. The van der Waals surface area contributed by atoms with E-state index in [4.69, 9.17) is 14.2 Å². The number of esters is 3. The van der Waals surface area contributed by atoms with E-state index < -0.39 is 6.10 Å². The fourth-order valence-corrected chi connectivity index (χ4v) is 7.42. The van der Waals surface area contributed by atoms with E-state index in [9.17, 15) is 14.4 Å². The summed E-state index contributed by atoms with van der Waals surface area (Å²) < 4.78 is 16.7. The molecular formula is C54H98O6. The van der Waals surface area contributed by atoms with E-state index >= 15 is 0 Å². The van der Waals surface area contributed by atoms with Crippen molar-refractivity contribution >= 4 is 17.9 Å². The first-order valence-corrected chi connectivity index (χ1v) is 26.0. The monoisotopic (exact) mass is 843 g/mol. The van der Waals surface area contributed by atoms with E-state index in [-0.39, 0.29) is 31.1 Å². The maximum Gasteiger partial charge on any atom is 0.306 e. The molecule has 0 aromatic carbocycles. The first kappa shape index (κ1) is 57.6. The molecule has 0 spiro atoms. The molecular weight excluding hydrogens is 745 g/mol. The summed E-state index contributed by atoms with van der Waals surface area (Å²) in [7, 11) is 0. The quantitative estimate of drug-likeness (QED) is 0.0263. The highest BCUT2D eigenvalue weighted by molar-refractivity contribution is 5.71. The van der Waals surface area contributed by atoms with Crippen LogP contribution in [0.4, 0.5) is 0 Å². The molecule has 0 saturated carbocycles. The molecule has 0 aliphatic heterocycles. The molecule has 0 amide bonds. The van der Waals surface area contributed by atoms with Crippen LogP contribution in [0.1, 0.15) is 271 Å². The number of hydrogen-bond acceptors (Lipinski definition) is 6. The highest BCUT2D eigenvalue weighted by atomic mass is 16.6. The van der Waals surface area contributed by atoms with Crippen LogP contribution in [0.3, 0.4) is 0 Å². The molecule has 60 heavy (non-hydrogen) atoms. The van der Waals surface area contributed by atoms with Crippen LogP contribution < -0.4 is 0 Å². The zero-order valence-electron chi connectivity index (χ0n) is 40.0. The minimum atomic E-state index is -0.781. The number of allylic oxidation sites excluding steroid dienone is 6. The number of rotatable bonds is 47. The summed E-state index contributed by atoms with van der Waals surface area (Å²) in [5.41, 5.74) is 0. The Hall–Kier alpha value is -2.37. The molecule has 0 fully saturated rings. The molecule has 6 nitrogen and oxygen atoms in total. The normalized spacial score (nSPS) is 12.2. The number of unbranched alkanes of at least 4 members (excludes halogenated alkanes) is 30. The van der Waals surface area contributed by atoms with Crippen LogP contribution in [0.5, 0.6) is 0 Å². The van der Waals surface area contributed by atoms with Gasteiger partial charge in [-0.2, -0.15) is 0 Å². The largest absolute Gasteiger partial charge is 0.462 e. The van der Waals surface area contributed by atoms with E-state index in [2.05, 4.69) is 57.2 Å². The molecule has 0 rings (SSSR count). The number of carbonyl (C=O) groups is 3. The van der Waals surface area contributed by atoms with Crippen molar-refractivity contribution in [2.45, 2.75) is 277 Å². The summed E-state index contributed by atoms with van der Waals surface area (Å²) in [6, 6.07) is 0. The molecule has 0 aromatic heterocycles. The zero-order valence-corrected chi connectivity index (χ0v) is 40.0. The Morgan fingerprint density at radius 3 is 1.05 bits per heavy atom. The molecule has 1 atom stereocenters. The number of hydrogen-bond donors (Lipinski definition) is 0. The van der Waals surface area contributed by atoms with Crippen molar-refractivity contribution < 1.29 is 28.6 Å². The van der Waals surface area contributed by atoms with Crippen LogP contribution in [0.2, 0.25) is 0 Å². The number of carbonyl (C=O) groups excluding carboxylic acids is 3. The highest BCUT2D eigenvalue weighted by Gasteiger charge is 2.19. The van der Waals surface area contributed by atoms with Crippen molar-refractivity contribution in [3.63, 3.8) is 0 Å². The van der Waals surface area contributed by atoms with Gasteiger partial charge in [0.1, 0.15) is 13.2 Å². The molecule has 0 aromatic rings. The van der Waals surface area contributed by atoms with Crippen LogP contribution >= 0.6 is 0 Å². The smallest absolute Gasteiger partial charge is 0.306 e. The van der Waals surface area contributed by atoms with Crippen LogP contribution in [-0.2, 0) is 28.6 Å². The van der Waals surface area contributed by atoms with Crippen LogP contribution in [0.15, 0.2) is 36.5 Å². The Morgan fingerprint density at radius 1 is 0.333 bits per heavy atom. The van der Waals surface area contributed by atoms with Gasteiger partial charge in [-0.1, -0.05) is 218 Å². The van der Waals surface area contributed by atoms with Gasteiger partial charge in [-0.3, -0.25) is 14.4 Å². The summed E-state index contributed by atoms with van der Waals surface area (Å²) in [4.78, 5) is 37.9. The molecule has 0 bridgehead atoms. The highest BCUT2D eigenvalue weighted by Crippen LogP contribution is 2.16. The van der Waals surface area contributed by atoms with Gasteiger partial charge in [0.2, 0.25) is 0 Å². The lowest BCUT2D eigenvalue weighted by atomic mass is 10.0. The third-order valence-electron chi connectivity index (χ3n) is 11.4. The van der Waals surface area contributed by atoms with E-state index in [0.29, 0.717) is 19.3 Å². The van der Waals surface area contributed by atoms with Gasteiger partial charge in [0.25, 0.3) is 0 Å². The molecule has 0 radical (unpaired) electrons. The van der Waals surface area contributed by atoms with Gasteiger partial charge >= 0.3 is 17.9 Å². The topological polar surface area (TPSA) is 78.9 Å². The second-order valence-electron chi connectivity index (χ2n) is 17.4. The first-order chi connectivity index (χ1) is 29.5. The fraction of sp³-hybridized carbons (Fsp3) is 0.833. The molecule has 0 aliphatic rings. The lowest BCUT2D eigenvalue weighted by molar-refractivity contribution is -0.167. The standard InChI is InChI=1S/C54H98O6/c1-4-7-10-13-16-19-21-23-25-27-29-30-32-35-38-41-44-47-53(56)59-50-51(49-58-52(55)46-43-40-37-34-18-15-12-9-6-3)60-54(57)48-45-42-39-36-33-31-28-26-24-22-20-17-14-11-8-5-2/h16,19,23,25,34,37,51H,4-15,17-18,20-22,24,26-33,35-36,38-50H2,1-3H3/b19-16-,25-23-,37-34-. The van der Waals surface area contributed by atoms with Crippen molar-refractivity contribution in [1.29, 1.82) is 0 Å². The van der Waals surface area contributed by atoms with Gasteiger partial charge < -0.3 is 14.2 Å². The molecule has 0 heterocycles. The van der Waals surface area contributed by atoms with Crippen LogP contribution in [0, 0.1) is 0 Å². The molecule has 350 valence electrons. The lowest BCUT2D eigenvalue weighted by Crippen LogP contribution is -2.30. The van der Waals surface area contributed by atoms with Crippen molar-refractivity contribution in [2.24, 2.45) is 0 Å². The minimum Gasteiger partial charge on any atom is -0.462 e. The van der Waals surface area contributed by atoms with Crippen molar-refractivity contribution in [2.75, 3.05) is 13.2 Å². The second-order valence-corrected chi connectivity index (χ2v) is 17.4. The molecule has 1 unspecified atom stereocenters. The molecule has 6 heteroatoms. The van der Waals surface area contributed by atoms with Gasteiger partial charge in [0, 0.05) is 19.3 Å². The van der Waals surface area contributed by atoms with Crippen LogP contribution in [0.25, 0.3) is 0 Å². The van der Waals surface area contributed by atoms with Gasteiger partial charge in [-0.05, 0) is 70.6 Å². The summed E-state index contributed by atoms with van der Waals surface area (Å²) in [6.07, 6.45) is 57.1. The SMILES string of the molecule is CCCCC/C=C\C/C=C\CCCCCCCCCC(=O)OCC(COC(=O)CCC/C=C\CCCCCC)OC(=O)CCCCCCCCCCCCCCCCCC. The third-order valence-corrected chi connectivity index (χ3v) is 11.4. The Labute approximate surface area is 372 Å². The Bertz CT molecular complexity index is 1020. The fourth-order valence-electron chi connectivity index (χ4n) is 7.42. The Kier molecular flexibility index (Phi) is 47.3. The van der Waals surface area contributed by atoms with E-state index in [1.54, 1.807) is 0 Å². The summed E-state index contributed by atoms with van der Waals surface area (Å²) in [5.74, 6) is -0.916. The second kappa shape index (κ2) is 49.3. The maximum absolute atomic E-state index is 12.8. The summed E-state index contributed by atoms with van der Waals surface area (Å²) in [5, 5.41) is 0. The molecule has 0 N–H and O–H groups in total. The van der Waals surface area contributed by atoms with Crippen molar-refractivity contribution in [3.05, 3.63) is 36.5 Å². The van der Waals surface area contributed by atoms with Gasteiger partial charge in [0.15, 0.2) is 6.10 Å². The zero-order chi connectivity index (χ0) is 43.7. The molecule has 0 aliphatic carbocycles. The molecule has 0 saturated heterocycles. The summed E-state index contributed by atoms with van der Waals surface area (Å²) in [6.45, 7) is 6.57. The van der Waals surface area contributed by atoms with Gasteiger partial charge in [-0.25, -0.2) is 0 Å². The van der Waals surface area contributed by atoms with E-state index in [1.807, 2.05) is 0 Å². The predicted molar refractivity (Wildman–Crippen MR) is 256 cm³/mol. The Balaban J connectivity index is 4.32. The number of ether oxygens (including phenoxy) is 3. The minimum absolute atomic E-state index is 0.0821. The van der Waals surface area contributed by atoms with E-state index in [0.717, 1.165) is 70.6 Å².